The number of rotatable bonds is 45. The number of phosphoric ester groups is 1. The molecule has 1 amide bonds. The molecule has 0 heterocycles. The lowest BCUT2D eigenvalue weighted by molar-refractivity contribution is -0.870. The largest absolute Gasteiger partial charge is 0.472 e. The first-order valence-corrected chi connectivity index (χ1v) is 26.4. The van der Waals surface area contributed by atoms with E-state index >= 15 is 0 Å². The predicted octanol–water partition coefficient (Wildman–Crippen LogP) is 14.3. The molecule has 3 atom stereocenters. The van der Waals surface area contributed by atoms with Crippen LogP contribution in [0.3, 0.4) is 0 Å². The number of aliphatic hydroxyl groups is 1. The highest BCUT2D eigenvalue weighted by atomic mass is 31.2. The number of aliphatic hydroxyl groups excluding tert-OH is 1. The fraction of sp³-hybridized carbons (Fsp3) is 0.860. The summed E-state index contributed by atoms with van der Waals surface area (Å²) >= 11 is 0. The minimum Gasteiger partial charge on any atom is -0.387 e. The first kappa shape index (κ1) is 57.7. The third-order valence-electron chi connectivity index (χ3n) is 11.1. The van der Waals surface area contributed by atoms with Crippen LogP contribution in [0, 0.1) is 0 Å². The van der Waals surface area contributed by atoms with Crippen molar-refractivity contribution in [2.45, 2.75) is 238 Å². The average Bonchev–Trinajstić information content (AvgIpc) is 3.19. The molecular formula is C50H98N2O6P+. The van der Waals surface area contributed by atoms with Gasteiger partial charge in [0.05, 0.1) is 39.9 Å². The van der Waals surface area contributed by atoms with Crippen LogP contribution in [0.25, 0.3) is 0 Å². The number of allylic oxidation sites excluding steroid dienone is 5. The first-order chi connectivity index (χ1) is 28.5. The Morgan fingerprint density at radius 3 is 1.39 bits per heavy atom. The highest BCUT2D eigenvalue weighted by Gasteiger charge is 2.27. The number of quaternary nitrogens is 1. The van der Waals surface area contributed by atoms with Crippen molar-refractivity contribution in [3.63, 3.8) is 0 Å². The van der Waals surface area contributed by atoms with Crippen molar-refractivity contribution in [2.24, 2.45) is 0 Å². The highest BCUT2D eigenvalue weighted by Crippen LogP contribution is 2.43. The van der Waals surface area contributed by atoms with E-state index in [1.807, 2.05) is 27.2 Å². The maximum atomic E-state index is 12.9. The van der Waals surface area contributed by atoms with Crippen molar-refractivity contribution >= 4 is 13.7 Å². The second-order valence-electron chi connectivity index (χ2n) is 18.2. The van der Waals surface area contributed by atoms with Crippen LogP contribution in [-0.2, 0) is 18.4 Å². The summed E-state index contributed by atoms with van der Waals surface area (Å²) in [5.74, 6) is -0.181. The highest BCUT2D eigenvalue weighted by molar-refractivity contribution is 7.47. The minimum atomic E-state index is -4.34. The molecule has 9 heteroatoms. The van der Waals surface area contributed by atoms with Gasteiger partial charge in [-0.2, -0.15) is 0 Å². The molecule has 0 saturated carbocycles. The number of nitrogens with one attached hydrogen (secondary N) is 1. The van der Waals surface area contributed by atoms with Crippen LogP contribution in [0.5, 0.6) is 0 Å². The van der Waals surface area contributed by atoms with Gasteiger partial charge in [-0.1, -0.05) is 204 Å². The minimum absolute atomic E-state index is 0.0607. The second kappa shape index (κ2) is 42.0. The van der Waals surface area contributed by atoms with Gasteiger partial charge in [0.15, 0.2) is 0 Å². The van der Waals surface area contributed by atoms with E-state index in [0.29, 0.717) is 17.4 Å². The van der Waals surface area contributed by atoms with Gasteiger partial charge in [0, 0.05) is 6.42 Å². The summed E-state index contributed by atoms with van der Waals surface area (Å²) in [5.41, 5.74) is 0. The van der Waals surface area contributed by atoms with E-state index in [-0.39, 0.29) is 19.1 Å². The third kappa shape index (κ3) is 44.6. The quantitative estimate of drug-likeness (QED) is 0.0244. The van der Waals surface area contributed by atoms with Gasteiger partial charge in [-0.05, 0) is 51.4 Å². The number of unbranched alkanes of at least 4 members (excludes halogenated alkanes) is 28. The van der Waals surface area contributed by atoms with Gasteiger partial charge in [0.25, 0.3) is 0 Å². The normalized spacial score (nSPS) is 14.5. The van der Waals surface area contributed by atoms with Crippen LogP contribution in [0.2, 0.25) is 0 Å². The van der Waals surface area contributed by atoms with Gasteiger partial charge in [0.1, 0.15) is 13.2 Å². The third-order valence-corrected chi connectivity index (χ3v) is 12.1. The van der Waals surface area contributed by atoms with Crippen LogP contribution in [0.15, 0.2) is 36.5 Å². The summed E-state index contributed by atoms with van der Waals surface area (Å²) in [7, 11) is 1.57. The fourth-order valence-corrected chi connectivity index (χ4v) is 7.87. The van der Waals surface area contributed by atoms with Crippen molar-refractivity contribution in [1.82, 2.24) is 5.32 Å². The van der Waals surface area contributed by atoms with Crippen molar-refractivity contribution in [1.29, 1.82) is 0 Å². The lowest BCUT2D eigenvalue weighted by Gasteiger charge is -2.25. The Hall–Kier alpha value is -1.28. The SMILES string of the molecule is CCCCCCC/C=C\C/C=C\CCCCCCCCCCCC(=O)NC(COP(=O)(O)OCC[N+](C)(C)C)C(O)/C=C/CCCCCCCCCCCCCCCC. The molecule has 0 aliphatic heterocycles. The Labute approximate surface area is 366 Å². The van der Waals surface area contributed by atoms with E-state index in [1.165, 1.54) is 161 Å². The van der Waals surface area contributed by atoms with Crippen LogP contribution < -0.4 is 5.32 Å². The number of amides is 1. The average molecular weight is 854 g/mol. The standard InChI is InChI=1S/C50H97N2O6P/c1-6-8-10-12-14-16-18-20-22-24-25-26-27-28-30-32-34-36-38-40-42-44-50(54)51-48(47-58-59(55,56)57-46-45-52(3,4)5)49(53)43-41-39-37-35-33-31-29-23-21-19-17-15-13-11-9-7-2/h18,20,24-25,41,43,48-49,53H,6-17,19,21-23,26-40,42,44-47H2,1-5H3,(H-,51,54,55,56)/p+1/b20-18-,25-24-,43-41+. The summed E-state index contributed by atoms with van der Waals surface area (Å²) in [6.45, 7) is 4.81. The molecule has 0 aliphatic rings. The molecule has 3 N–H and O–H groups in total. The van der Waals surface area contributed by atoms with E-state index in [0.717, 1.165) is 44.9 Å². The molecule has 348 valence electrons. The van der Waals surface area contributed by atoms with Gasteiger partial charge in [-0.15, -0.1) is 0 Å². The van der Waals surface area contributed by atoms with Crippen LogP contribution in [-0.4, -0.2) is 73.4 Å². The van der Waals surface area contributed by atoms with Crippen molar-refractivity contribution in [3.05, 3.63) is 36.5 Å². The summed E-state index contributed by atoms with van der Waals surface area (Å²) < 4.78 is 23.6. The van der Waals surface area contributed by atoms with E-state index < -0.39 is 20.0 Å². The Morgan fingerprint density at radius 1 is 0.576 bits per heavy atom. The number of carbonyl (C=O) groups is 1. The van der Waals surface area contributed by atoms with E-state index in [1.54, 1.807) is 6.08 Å². The van der Waals surface area contributed by atoms with E-state index in [2.05, 4.69) is 43.5 Å². The van der Waals surface area contributed by atoms with E-state index in [9.17, 15) is 19.4 Å². The molecular weight excluding hydrogens is 756 g/mol. The van der Waals surface area contributed by atoms with Crippen molar-refractivity contribution in [3.8, 4) is 0 Å². The number of hydrogen-bond donors (Lipinski definition) is 3. The maximum Gasteiger partial charge on any atom is 0.472 e. The second-order valence-corrected chi connectivity index (χ2v) is 19.6. The van der Waals surface area contributed by atoms with Crippen molar-refractivity contribution < 1.29 is 32.9 Å². The zero-order chi connectivity index (χ0) is 43.6. The molecule has 8 nitrogen and oxygen atoms in total. The Kier molecular flexibility index (Phi) is 41.1. The molecule has 0 aromatic heterocycles. The number of nitrogens with zero attached hydrogens (tertiary/aromatic N) is 1. The van der Waals surface area contributed by atoms with Gasteiger partial charge in [-0.25, -0.2) is 4.57 Å². The molecule has 0 rings (SSSR count). The summed E-state index contributed by atoms with van der Waals surface area (Å²) in [4.78, 5) is 23.2. The molecule has 3 unspecified atom stereocenters. The summed E-state index contributed by atoms with van der Waals surface area (Å²) in [6, 6.07) is -0.847. The Balaban J connectivity index is 4.33. The predicted molar refractivity (Wildman–Crippen MR) is 254 cm³/mol. The zero-order valence-electron chi connectivity index (χ0n) is 39.5. The van der Waals surface area contributed by atoms with Gasteiger partial charge < -0.3 is 19.8 Å². The number of hydrogen-bond acceptors (Lipinski definition) is 5. The molecule has 0 aromatic carbocycles. The van der Waals surface area contributed by atoms with Gasteiger partial charge >= 0.3 is 7.82 Å². The molecule has 0 aromatic rings. The molecule has 0 aliphatic carbocycles. The topological polar surface area (TPSA) is 105 Å². The first-order valence-electron chi connectivity index (χ1n) is 24.9. The van der Waals surface area contributed by atoms with Crippen LogP contribution >= 0.6 is 7.82 Å². The number of likely N-dealkylation sites (N-methyl/N-ethyl adjacent to an activating group) is 1. The summed E-state index contributed by atoms with van der Waals surface area (Å²) in [5, 5.41) is 13.9. The molecule has 0 saturated heterocycles. The van der Waals surface area contributed by atoms with Gasteiger partial charge in [-0.3, -0.25) is 13.8 Å². The molecule has 59 heavy (non-hydrogen) atoms. The number of phosphoric acid groups is 1. The smallest absolute Gasteiger partial charge is 0.387 e. The van der Waals surface area contributed by atoms with Crippen LogP contribution in [0.1, 0.15) is 226 Å². The Bertz CT molecular complexity index is 1060. The molecule has 0 fully saturated rings. The Morgan fingerprint density at radius 2 is 0.966 bits per heavy atom. The molecule has 0 bridgehead atoms. The fourth-order valence-electron chi connectivity index (χ4n) is 7.13. The zero-order valence-corrected chi connectivity index (χ0v) is 40.4. The number of carbonyl (C=O) groups excluding carboxylic acids is 1. The monoisotopic (exact) mass is 854 g/mol. The van der Waals surface area contributed by atoms with Crippen LogP contribution in [0.4, 0.5) is 0 Å². The van der Waals surface area contributed by atoms with E-state index in [4.69, 9.17) is 9.05 Å². The maximum absolute atomic E-state index is 12.9. The summed E-state index contributed by atoms with van der Waals surface area (Å²) in [6.07, 6.45) is 52.1. The lowest BCUT2D eigenvalue weighted by Crippen LogP contribution is -2.45. The molecule has 0 radical (unpaired) electrons. The lowest BCUT2D eigenvalue weighted by atomic mass is 10.0. The van der Waals surface area contributed by atoms with Gasteiger partial charge in [0.2, 0.25) is 5.91 Å². The van der Waals surface area contributed by atoms with Crippen molar-refractivity contribution in [2.75, 3.05) is 40.9 Å². The molecule has 0 spiro atoms.